The van der Waals surface area contributed by atoms with Crippen LogP contribution >= 0.6 is 0 Å². The minimum Gasteiger partial charge on any atom is -0.458 e. The van der Waals surface area contributed by atoms with Crippen LogP contribution in [0.3, 0.4) is 0 Å². The van der Waals surface area contributed by atoms with Gasteiger partial charge in [0, 0.05) is 6.08 Å². The number of esters is 1. The Labute approximate surface area is 170 Å². The lowest BCUT2D eigenvalue weighted by molar-refractivity contribution is -0.134. The Balaban J connectivity index is 1.70. The van der Waals surface area contributed by atoms with E-state index < -0.39 is 0 Å². The molecule has 3 nitrogen and oxygen atoms in total. The maximum atomic E-state index is 11.1. The van der Waals surface area contributed by atoms with Crippen LogP contribution in [0.1, 0.15) is 72.6 Å². The summed E-state index contributed by atoms with van der Waals surface area (Å²) in [5.41, 5.74) is 5.89. The number of rotatable bonds is 6. The van der Waals surface area contributed by atoms with Gasteiger partial charge in [-0.25, -0.2) is 4.79 Å². The van der Waals surface area contributed by atoms with Crippen molar-refractivity contribution in [2.75, 3.05) is 13.2 Å². The summed E-state index contributed by atoms with van der Waals surface area (Å²) in [6.45, 7) is 10.2. The Hall–Kier alpha value is -1.61. The van der Waals surface area contributed by atoms with Gasteiger partial charge in [0.2, 0.25) is 0 Å². The molecule has 2 unspecified atom stereocenters. The number of aliphatic hydroxyl groups excluding tert-OH is 1. The number of ether oxygens (including phenoxy) is 1. The van der Waals surface area contributed by atoms with Crippen molar-refractivity contribution >= 4 is 5.97 Å². The molecule has 0 aromatic rings. The standard InChI is InChI=1S/C25H36O3/c1-18-9-12-22-24(2,3)13-6-14-25(22,4)21(18)11-10-19(16-26)7-5-8-20-15-23(27)28-17-20/h5,7-8,15,22,26H,6,9-14,16-17H2,1-4H3. The van der Waals surface area contributed by atoms with E-state index in [0.29, 0.717) is 17.4 Å². The minimum absolute atomic E-state index is 0.0801. The zero-order valence-corrected chi connectivity index (χ0v) is 18.0. The van der Waals surface area contributed by atoms with E-state index in [2.05, 4.69) is 27.7 Å². The van der Waals surface area contributed by atoms with Crippen LogP contribution in [0.2, 0.25) is 0 Å². The van der Waals surface area contributed by atoms with Crippen molar-refractivity contribution in [1.29, 1.82) is 0 Å². The van der Waals surface area contributed by atoms with Gasteiger partial charge < -0.3 is 9.84 Å². The van der Waals surface area contributed by atoms with E-state index in [0.717, 1.165) is 29.9 Å². The second kappa shape index (κ2) is 8.41. The molecule has 1 N–H and O–H groups in total. The summed E-state index contributed by atoms with van der Waals surface area (Å²) in [7, 11) is 0. The molecule has 3 aliphatic rings. The number of carbonyl (C=O) groups is 1. The SMILES string of the molecule is CC1=C(CCC(=CC=CC2=CC(=O)OC2)CO)C2(C)CCCC(C)(C)C2CC1. The Morgan fingerprint density at radius 3 is 2.79 bits per heavy atom. The van der Waals surface area contributed by atoms with Crippen molar-refractivity contribution in [2.24, 2.45) is 16.7 Å². The van der Waals surface area contributed by atoms with Crippen LogP contribution < -0.4 is 0 Å². The number of hydrogen-bond donors (Lipinski definition) is 1. The van der Waals surface area contributed by atoms with Gasteiger partial charge in [0.25, 0.3) is 0 Å². The summed E-state index contributed by atoms with van der Waals surface area (Å²) in [5.74, 6) is 0.490. The lowest BCUT2D eigenvalue weighted by atomic mass is 9.50. The summed E-state index contributed by atoms with van der Waals surface area (Å²) in [4.78, 5) is 11.1. The normalized spacial score (nSPS) is 30.5. The summed E-state index contributed by atoms with van der Waals surface area (Å²) >= 11 is 0. The number of carbonyl (C=O) groups excluding carboxylic acids is 1. The lowest BCUT2D eigenvalue weighted by Crippen LogP contribution is -2.45. The highest BCUT2D eigenvalue weighted by Crippen LogP contribution is 2.60. The zero-order chi connectivity index (χ0) is 20.4. The number of fused-ring (bicyclic) bond motifs is 1. The van der Waals surface area contributed by atoms with Crippen molar-refractivity contribution in [2.45, 2.75) is 72.6 Å². The number of allylic oxidation sites excluding steroid dienone is 4. The monoisotopic (exact) mass is 384 g/mol. The molecule has 0 aromatic heterocycles. The molecule has 1 fully saturated rings. The molecule has 1 heterocycles. The van der Waals surface area contributed by atoms with Gasteiger partial charge in [-0.1, -0.05) is 56.6 Å². The Kier molecular flexibility index (Phi) is 6.34. The molecule has 0 bridgehead atoms. The first-order chi connectivity index (χ1) is 13.3. The topological polar surface area (TPSA) is 46.5 Å². The van der Waals surface area contributed by atoms with E-state index in [-0.39, 0.29) is 12.6 Å². The van der Waals surface area contributed by atoms with Crippen molar-refractivity contribution in [3.63, 3.8) is 0 Å². The average molecular weight is 385 g/mol. The number of hydrogen-bond acceptors (Lipinski definition) is 3. The Morgan fingerprint density at radius 1 is 1.32 bits per heavy atom. The first-order valence-corrected chi connectivity index (χ1v) is 10.8. The highest BCUT2D eigenvalue weighted by atomic mass is 16.5. The molecule has 154 valence electrons. The molecule has 0 aromatic carbocycles. The van der Waals surface area contributed by atoms with Crippen LogP contribution in [0.25, 0.3) is 0 Å². The summed E-state index contributed by atoms with van der Waals surface area (Å²) in [6.07, 6.45) is 15.8. The second-order valence-electron chi connectivity index (χ2n) is 9.78. The molecule has 3 rings (SSSR count). The molecule has 1 aliphatic heterocycles. The molecule has 2 aliphatic carbocycles. The molecule has 0 radical (unpaired) electrons. The molecule has 0 saturated heterocycles. The van der Waals surface area contributed by atoms with Gasteiger partial charge >= 0.3 is 5.97 Å². The number of aliphatic hydroxyl groups is 1. The third kappa shape index (κ3) is 4.35. The predicted octanol–water partition coefficient (Wildman–Crippen LogP) is 5.67. The van der Waals surface area contributed by atoms with Crippen LogP contribution in [0, 0.1) is 16.7 Å². The van der Waals surface area contributed by atoms with Gasteiger partial charge in [0.05, 0.1) is 6.61 Å². The molecule has 3 heteroatoms. The fourth-order valence-corrected chi connectivity index (χ4v) is 5.98. The summed E-state index contributed by atoms with van der Waals surface area (Å²) in [6, 6.07) is 0. The van der Waals surface area contributed by atoms with Gasteiger partial charge in [-0.05, 0) is 73.3 Å². The molecule has 0 amide bonds. The highest BCUT2D eigenvalue weighted by molar-refractivity contribution is 5.86. The van der Waals surface area contributed by atoms with Crippen molar-refractivity contribution < 1.29 is 14.6 Å². The molecule has 28 heavy (non-hydrogen) atoms. The molecular formula is C25H36O3. The smallest absolute Gasteiger partial charge is 0.331 e. The Bertz CT molecular complexity index is 735. The van der Waals surface area contributed by atoms with Crippen LogP contribution in [-0.4, -0.2) is 24.3 Å². The van der Waals surface area contributed by atoms with E-state index >= 15 is 0 Å². The third-order valence-corrected chi connectivity index (χ3v) is 7.47. The van der Waals surface area contributed by atoms with E-state index in [9.17, 15) is 9.90 Å². The predicted molar refractivity (Wildman–Crippen MR) is 114 cm³/mol. The van der Waals surface area contributed by atoms with Crippen LogP contribution in [-0.2, 0) is 9.53 Å². The van der Waals surface area contributed by atoms with Gasteiger partial charge in [-0.2, -0.15) is 0 Å². The quantitative estimate of drug-likeness (QED) is 0.365. The van der Waals surface area contributed by atoms with Crippen molar-refractivity contribution in [3.8, 4) is 0 Å². The largest absolute Gasteiger partial charge is 0.458 e. The van der Waals surface area contributed by atoms with Crippen molar-refractivity contribution in [3.05, 3.63) is 46.6 Å². The molecular weight excluding hydrogens is 348 g/mol. The van der Waals surface area contributed by atoms with E-state index in [1.165, 1.54) is 38.2 Å². The van der Waals surface area contributed by atoms with Crippen LogP contribution in [0.15, 0.2) is 46.6 Å². The average Bonchev–Trinajstić information content (AvgIpc) is 3.04. The van der Waals surface area contributed by atoms with Crippen molar-refractivity contribution in [1.82, 2.24) is 0 Å². The maximum absolute atomic E-state index is 11.1. The number of cyclic esters (lactones) is 1. The second-order valence-corrected chi connectivity index (χ2v) is 9.78. The molecule has 2 atom stereocenters. The maximum Gasteiger partial charge on any atom is 0.331 e. The lowest BCUT2D eigenvalue weighted by Gasteiger charge is -2.55. The summed E-state index contributed by atoms with van der Waals surface area (Å²) in [5, 5.41) is 9.82. The molecule has 1 saturated carbocycles. The fraction of sp³-hybridized carbons (Fsp3) is 0.640. The van der Waals surface area contributed by atoms with Crippen LogP contribution in [0.5, 0.6) is 0 Å². The minimum atomic E-state index is -0.274. The summed E-state index contributed by atoms with van der Waals surface area (Å²) < 4.78 is 4.91. The van der Waals surface area contributed by atoms with E-state index in [1.807, 2.05) is 18.2 Å². The first-order valence-electron chi connectivity index (χ1n) is 10.8. The first kappa shape index (κ1) is 21.1. The third-order valence-electron chi connectivity index (χ3n) is 7.47. The van der Waals surface area contributed by atoms with Gasteiger partial charge in [-0.3, -0.25) is 0 Å². The zero-order valence-electron chi connectivity index (χ0n) is 18.0. The fourth-order valence-electron chi connectivity index (χ4n) is 5.98. The van der Waals surface area contributed by atoms with E-state index in [4.69, 9.17) is 4.74 Å². The van der Waals surface area contributed by atoms with Gasteiger partial charge in [-0.15, -0.1) is 0 Å². The van der Waals surface area contributed by atoms with Gasteiger partial charge in [0.1, 0.15) is 6.61 Å². The Morgan fingerprint density at radius 2 is 2.11 bits per heavy atom. The van der Waals surface area contributed by atoms with E-state index in [1.54, 1.807) is 11.1 Å². The molecule has 0 spiro atoms. The highest BCUT2D eigenvalue weighted by Gasteiger charge is 2.49. The van der Waals surface area contributed by atoms with Gasteiger partial charge in [0.15, 0.2) is 0 Å². The van der Waals surface area contributed by atoms with Crippen LogP contribution in [0.4, 0.5) is 0 Å².